The van der Waals surface area contributed by atoms with Gasteiger partial charge in [-0.3, -0.25) is 9.59 Å². The van der Waals surface area contributed by atoms with E-state index in [9.17, 15) is 14.7 Å². The molecule has 0 aliphatic carbocycles. The summed E-state index contributed by atoms with van der Waals surface area (Å²) in [5.74, 6) is -1.68. The molecule has 7 nitrogen and oxygen atoms in total. The minimum absolute atomic E-state index is 0.00800. The third kappa shape index (κ3) is 3.85. The Bertz CT molecular complexity index is 854. The van der Waals surface area contributed by atoms with Crippen molar-refractivity contribution in [3.05, 3.63) is 70.9 Å². The highest BCUT2D eigenvalue weighted by Crippen LogP contribution is 2.38. The van der Waals surface area contributed by atoms with Crippen LogP contribution in [0.5, 0.6) is 0 Å². The maximum Gasteiger partial charge on any atom is 0.290 e. The van der Waals surface area contributed by atoms with Crippen molar-refractivity contribution in [2.75, 3.05) is 26.4 Å². The monoisotopic (exact) mass is 385 g/mol. The smallest absolute Gasteiger partial charge is 0.290 e. The molecule has 1 aromatic heterocycles. The average molecular weight is 385 g/mol. The molecule has 0 radical (unpaired) electrons. The van der Waals surface area contributed by atoms with Crippen LogP contribution in [0.25, 0.3) is 0 Å². The number of carbonyl (C=O) groups excluding carboxylic acids is 2. The fraction of sp³-hybridized carbons (Fsp3) is 0.333. The zero-order valence-corrected chi connectivity index (χ0v) is 15.6. The minimum atomic E-state index is -0.742. The Hall–Kier alpha value is -2.90. The largest absolute Gasteiger partial charge is 0.503 e. The van der Waals surface area contributed by atoms with Crippen LogP contribution in [0, 0.1) is 0 Å². The number of rotatable bonds is 9. The van der Waals surface area contributed by atoms with Crippen molar-refractivity contribution < 1.29 is 29.0 Å². The Morgan fingerprint density at radius 2 is 1.96 bits per heavy atom. The highest BCUT2D eigenvalue weighted by molar-refractivity contribution is 6.15. The molecular formula is C21H23NO6. The van der Waals surface area contributed by atoms with Gasteiger partial charge in [0.25, 0.3) is 5.91 Å². The van der Waals surface area contributed by atoms with Gasteiger partial charge in [-0.15, -0.1) is 0 Å². The summed E-state index contributed by atoms with van der Waals surface area (Å²) in [6, 6.07) is 9.91. The van der Waals surface area contributed by atoms with Crippen molar-refractivity contribution in [3.8, 4) is 0 Å². The molecule has 0 unspecified atom stereocenters. The van der Waals surface area contributed by atoms with E-state index in [4.69, 9.17) is 14.3 Å². The number of amides is 1. The predicted octanol–water partition coefficient (Wildman–Crippen LogP) is 2.43. The van der Waals surface area contributed by atoms with Crippen LogP contribution < -0.4 is 0 Å². The van der Waals surface area contributed by atoms with Gasteiger partial charge in [-0.25, -0.2) is 0 Å². The fourth-order valence-electron chi connectivity index (χ4n) is 3.27. The topological polar surface area (TPSA) is 100 Å². The van der Waals surface area contributed by atoms with Gasteiger partial charge >= 0.3 is 0 Å². The molecule has 3 rings (SSSR count). The zero-order chi connectivity index (χ0) is 20.1. The molecule has 1 aliphatic heterocycles. The molecule has 2 aromatic rings. The molecule has 148 valence electrons. The van der Waals surface area contributed by atoms with Crippen molar-refractivity contribution >= 4 is 11.7 Å². The first-order valence-electron chi connectivity index (χ1n) is 9.18. The Kier molecular flexibility index (Phi) is 6.28. The van der Waals surface area contributed by atoms with Crippen molar-refractivity contribution in [1.29, 1.82) is 0 Å². The van der Waals surface area contributed by atoms with Crippen LogP contribution in [0.2, 0.25) is 0 Å². The van der Waals surface area contributed by atoms with Crippen LogP contribution in [-0.4, -0.2) is 53.2 Å². The second-order valence-corrected chi connectivity index (χ2v) is 6.40. The SMILES string of the molecule is CCc1ccc([C@@H]2C(C(=O)c3ccco3)=C(O)C(=O)N2CCOCCO)cc1. The van der Waals surface area contributed by atoms with E-state index in [-0.39, 0.29) is 37.7 Å². The number of aliphatic hydroxyl groups excluding tert-OH is 2. The fourth-order valence-corrected chi connectivity index (χ4v) is 3.27. The van der Waals surface area contributed by atoms with E-state index in [0.29, 0.717) is 5.56 Å². The van der Waals surface area contributed by atoms with E-state index in [1.165, 1.54) is 17.2 Å². The zero-order valence-electron chi connectivity index (χ0n) is 15.6. The summed E-state index contributed by atoms with van der Waals surface area (Å²) in [4.78, 5) is 27.0. The number of ketones is 1. The maximum absolute atomic E-state index is 12.9. The lowest BCUT2D eigenvalue weighted by Gasteiger charge is -2.26. The Balaban J connectivity index is 1.96. The summed E-state index contributed by atoms with van der Waals surface area (Å²) < 4.78 is 10.5. The lowest BCUT2D eigenvalue weighted by Crippen LogP contribution is -2.34. The van der Waals surface area contributed by atoms with E-state index in [1.54, 1.807) is 6.07 Å². The van der Waals surface area contributed by atoms with Gasteiger partial charge in [-0.05, 0) is 29.7 Å². The van der Waals surface area contributed by atoms with E-state index < -0.39 is 23.5 Å². The molecule has 0 fully saturated rings. The van der Waals surface area contributed by atoms with Crippen LogP contribution in [0.3, 0.4) is 0 Å². The van der Waals surface area contributed by atoms with Crippen molar-refractivity contribution in [2.45, 2.75) is 19.4 Å². The number of benzene rings is 1. The van der Waals surface area contributed by atoms with E-state index in [0.717, 1.165) is 12.0 Å². The molecule has 7 heteroatoms. The van der Waals surface area contributed by atoms with Crippen LogP contribution in [0.1, 0.15) is 34.6 Å². The van der Waals surface area contributed by atoms with Gasteiger partial charge in [0.15, 0.2) is 11.5 Å². The first-order valence-corrected chi connectivity index (χ1v) is 9.18. The molecule has 1 aliphatic rings. The maximum atomic E-state index is 12.9. The molecule has 28 heavy (non-hydrogen) atoms. The van der Waals surface area contributed by atoms with E-state index in [1.807, 2.05) is 31.2 Å². The van der Waals surface area contributed by atoms with Gasteiger partial charge in [0.1, 0.15) is 0 Å². The van der Waals surface area contributed by atoms with Crippen LogP contribution in [0.15, 0.2) is 58.4 Å². The van der Waals surface area contributed by atoms with Crippen LogP contribution in [0.4, 0.5) is 0 Å². The number of Topliss-reactive ketones (excluding diaryl/α,β-unsaturated/α-hetero) is 1. The molecule has 1 atom stereocenters. The molecule has 0 saturated heterocycles. The van der Waals surface area contributed by atoms with Gasteiger partial charge < -0.3 is 24.3 Å². The number of aryl methyl sites for hydroxylation is 1. The van der Waals surface area contributed by atoms with Gasteiger partial charge in [0.2, 0.25) is 5.78 Å². The minimum Gasteiger partial charge on any atom is -0.503 e. The Morgan fingerprint density at radius 3 is 2.57 bits per heavy atom. The third-order valence-electron chi connectivity index (χ3n) is 4.71. The highest BCUT2D eigenvalue weighted by atomic mass is 16.5. The van der Waals surface area contributed by atoms with Crippen molar-refractivity contribution in [2.24, 2.45) is 0 Å². The summed E-state index contributed by atoms with van der Waals surface area (Å²) in [6.07, 6.45) is 2.23. The number of hydrogen-bond acceptors (Lipinski definition) is 6. The van der Waals surface area contributed by atoms with E-state index in [2.05, 4.69) is 0 Å². The average Bonchev–Trinajstić information content (AvgIpc) is 3.33. The molecule has 1 aromatic carbocycles. The number of hydrogen-bond donors (Lipinski definition) is 2. The molecule has 2 heterocycles. The number of nitrogens with zero attached hydrogens (tertiary/aromatic N) is 1. The molecule has 1 amide bonds. The molecule has 0 bridgehead atoms. The Labute approximate surface area is 162 Å². The molecule has 0 saturated carbocycles. The first kappa shape index (κ1) is 19.9. The summed E-state index contributed by atoms with van der Waals surface area (Å²) in [6.45, 7) is 2.40. The summed E-state index contributed by atoms with van der Waals surface area (Å²) >= 11 is 0. The summed E-state index contributed by atoms with van der Waals surface area (Å²) in [5, 5.41) is 19.3. The summed E-state index contributed by atoms with van der Waals surface area (Å²) in [7, 11) is 0. The van der Waals surface area contributed by atoms with Gasteiger partial charge in [-0.2, -0.15) is 0 Å². The standard InChI is InChI=1S/C21H23NO6/c1-2-14-5-7-15(8-6-14)18-17(19(24)16-4-3-11-28-16)20(25)21(26)22(18)9-12-27-13-10-23/h3-8,11,18,23,25H,2,9-10,12-13H2,1H3/t18-/m1/s1. The second-order valence-electron chi connectivity index (χ2n) is 6.40. The van der Waals surface area contributed by atoms with Crippen LogP contribution >= 0.6 is 0 Å². The number of aliphatic hydroxyl groups is 2. The number of furan rings is 1. The molecule has 0 spiro atoms. The number of ether oxygens (including phenoxy) is 1. The second kappa shape index (κ2) is 8.86. The third-order valence-corrected chi connectivity index (χ3v) is 4.71. The van der Waals surface area contributed by atoms with Gasteiger partial charge in [-0.1, -0.05) is 31.2 Å². The summed E-state index contributed by atoms with van der Waals surface area (Å²) in [5.41, 5.74) is 1.83. The molecular weight excluding hydrogens is 362 g/mol. The predicted molar refractivity (Wildman–Crippen MR) is 101 cm³/mol. The normalized spacial score (nSPS) is 16.9. The highest BCUT2D eigenvalue weighted by Gasteiger charge is 2.44. The van der Waals surface area contributed by atoms with Crippen molar-refractivity contribution in [3.63, 3.8) is 0 Å². The van der Waals surface area contributed by atoms with Gasteiger partial charge in [0, 0.05) is 6.54 Å². The van der Waals surface area contributed by atoms with E-state index >= 15 is 0 Å². The molecule has 2 N–H and O–H groups in total. The van der Waals surface area contributed by atoms with Crippen LogP contribution in [-0.2, 0) is 16.0 Å². The Morgan fingerprint density at radius 1 is 1.21 bits per heavy atom. The van der Waals surface area contributed by atoms with Crippen molar-refractivity contribution in [1.82, 2.24) is 4.90 Å². The van der Waals surface area contributed by atoms with Gasteiger partial charge in [0.05, 0.1) is 37.7 Å². The lowest BCUT2D eigenvalue weighted by atomic mass is 9.94. The quantitative estimate of drug-likeness (QED) is 0.508. The lowest BCUT2D eigenvalue weighted by molar-refractivity contribution is -0.130. The first-order chi connectivity index (χ1) is 13.6. The number of carbonyl (C=O) groups is 2.